The summed E-state index contributed by atoms with van der Waals surface area (Å²) in [7, 11) is 2.06. The largest absolute Gasteiger partial charge is 0.369 e. The van der Waals surface area contributed by atoms with E-state index >= 15 is 0 Å². The maximum atomic E-state index is 11.6. The van der Waals surface area contributed by atoms with Gasteiger partial charge in [0.05, 0.1) is 5.54 Å². The van der Waals surface area contributed by atoms with E-state index in [1.165, 1.54) is 23.3 Å². The molecule has 0 spiro atoms. The summed E-state index contributed by atoms with van der Waals surface area (Å²) < 4.78 is 3.35. The van der Waals surface area contributed by atoms with Gasteiger partial charge in [0.1, 0.15) is 6.29 Å². The molecule has 4 N–H and O–H groups in total. The van der Waals surface area contributed by atoms with Gasteiger partial charge in [-0.05, 0) is 100 Å². The van der Waals surface area contributed by atoms with Gasteiger partial charge >= 0.3 is 0 Å². The molecule has 5 nitrogen and oxygen atoms in total. The molecule has 2 atom stereocenters. The summed E-state index contributed by atoms with van der Waals surface area (Å²) in [5.41, 5.74) is 6.46. The van der Waals surface area contributed by atoms with Crippen molar-refractivity contribution in [3.05, 3.63) is 29.8 Å². The van der Waals surface area contributed by atoms with Gasteiger partial charge < -0.3 is 15.8 Å². The highest BCUT2D eigenvalue weighted by atomic mass is 32.2. The molecule has 0 heterocycles. The zero-order valence-electron chi connectivity index (χ0n) is 18.9. The van der Waals surface area contributed by atoms with Crippen molar-refractivity contribution in [1.29, 1.82) is 0 Å². The maximum Gasteiger partial charge on any atom is 0.223 e. The van der Waals surface area contributed by atoms with Crippen molar-refractivity contribution in [3.63, 3.8) is 0 Å². The quantitative estimate of drug-likeness (QED) is 0.457. The molecule has 0 aliphatic heterocycles. The summed E-state index contributed by atoms with van der Waals surface area (Å²) in [6.45, 7) is 2.09. The van der Waals surface area contributed by atoms with Crippen LogP contribution in [0.3, 0.4) is 0 Å². The average molecular weight is 444 g/mol. The second-order valence-electron chi connectivity index (χ2n) is 10.4. The number of carbonyl (C=O) groups excluding carboxylic acids is 2. The number of primary amides is 1. The fraction of sp³-hybridized carbons (Fsp3) is 0.680. The lowest BCUT2D eigenvalue weighted by Crippen LogP contribution is -2.60. The Balaban J connectivity index is 0.000000149. The van der Waals surface area contributed by atoms with Crippen LogP contribution in [-0.4, -0.2) is 30.8 Å². The van der Waals surface area contributed by atoms with E-state index in [0.29, 0.717) is 17.9 Å². The minimum Gasteiger partial charge on any atom is -0.369 e. The summed E-state index contributed by atoms with van der Waals surface area (Å²) >= 11 is 1.59. The van der Waals surface area contributed by atoms with E-state index in [0.717, 1.165) is 57.1 Å². The van der Waals surface area contributed by atoms with Crippen LogP contribution in [0.1, 0.15) is 63.4 Å². The van der Waals surface area contributed by atoms with Crippen LogP contribution in [0.5, 0.6) is 0 Å². The standard InChI is InChI=1S/C13H17NOS.C12H20N2O/c1-11-6-2-3-7-12(11)16-14-13(10-15)8-4-5-9-13;1-14-10-8-2-7-3-9(10)6-12(4-7,5-8)11(13)15/h2-3,6-7,10,14H,4-5,8-9H2,1H3;7-10,14H,2-6H2,1H3,(H2,13,15). The Morgan fingerprint density at radius 2 is 1.77 bits per heavy atom. The number of aryl methyl sites for hydroxylation is 1. The van der Waals surface area contributed by atoms with Crippen LogP contribution < -0.4 is 15.8 Å². The van der Waals surface area contributed by atoms with Crippen molar-refractivity contribution in [2.45, 2.75) is 81.2 Å². The molecule has 6 rings (SSSR count). The fourth-order valence-electron chi connectivity index (χ4n) is 6.87. The first kappa shape index (κ1) is 22.8. The molecule has 0 aromatic heterocycles. The Kier molecular flexibility index (Phi) is 6.80. The van der Waals surface area contributed by atoms with Gasteiger partial charge in [0.25, 0.3) is 0 Å². The summed E-state index contributed by atoms with van der Waals surface area (Å²) in [6.07, 6.45) is 11.1. The lowest BCUT2D eigenvalue weighted by Gasteiger charge is -2.58. The molecule has 1 aromatic rings. The minimum absolute atomic E-state index is 0.0311. The maximum absolute atomic E-state index is 11.6. The first-order valence-corrected chi connectivity index (χ1v) is 12.7. The van der Waals surface area contributed by atoms with E-state index in [9.17, 15) is 9.59 Å². The highest BCUT2D eigenvalue weighted by Crippen LogP contribution is 2.59. The number of nitrogens with one attached hydrogen (secondary N) is 2. The summed E-state index contributed by atoms with van der Waals surface area (Å²) in [6, 6.07) is 8.88. The third-order valence-corrected chi connectivity index (χ3v) is 9.49. The van der Waals surface area contributed by atoms with Gasteiger partial charge in [0.15, 0.2) is 0 Å². The highest BCUT2D eigenvalue weighted by Gasteiger charge is 2.57. The number of rotatable bonds is 6. The second kappa shape index (κ2) is 9.24. The molecular formula is C25H37N3O2S. The molecular weight excluding hydrogens is 406 g/mol. The van der Waals surface area contributed by atoms with Crippen LogP contribution in [0.25, 0.3) is 0 Å². The van der Waals surface area contributed by atoms with Gasteiger partial charge in [-0.1, -0.05) is 31.0 Å². The van der Waals surface area contributed by atoms with Crippen LogP contribution in [0.15, 0.2) is 29.2 Å². The fourth-order valence-corrected chi connectivity index (χ4v) is 7.82. The van der Waals surface area contributed by atoms with E-state index < -0.39 is 0 Å². The van der Waals surface area contributed by atoms with Crippen LogP contribution in [-0.2, 0) is 9.59 Å². The van der Waals surface area contributed by atoms with Gasteiger partial charge in [-0.2, -0.15) is 0 Å². The molecule has 0 saturated heterocycles. The predicted octanol–water partition coefficient (Wildman–Crippen LogP) is 3.99. The monoisotopic (exact) mass is 443 g/mol. The van der Waals surface area contributed by atoms with Gasteiger partial charge in [-0.25, -0.2) is 4.72 Å². The van der Waals surface area contributed by atoms with E-state index in [1.807, 2.05) is 12.1 Å². The van der Waals surface area contributed by atoms with Crippen molar-refractivity contribution < 1.29 is 9.59 Å². The summed E-state index contributed by atoms with van der Waals surface area (Å²) in [5.74, 6) is 2.15. The normalized spacial score (nSPS) is 34.8. The Bertz CT molecular complexity index is 792. The van der Waals surface area contributed by atoms with E-state index in [-0.39, 0.29) is 16.9 Å². The predicted molar refractivity (Wildman–Crippen MR) is 125 cm³/mol. The molecule has 170 valence electrons. The van der Waals surface area contributed by atoms with Crippen LogP contribution in [0, 0.1) is 30.1 Å². The third kappa shape index (κ3) is 4.57. The number of benzene rings is 1. The van der Waals surface area contributed by atoms with Crippen molar-refractivity contribution in [1.82, 2.24) is 10.0 Å². The van der Waals surface area contributed by atoms with Crippen molar-refractivity contribution in [2.75, 3.05) is 7.05 Å². The topological polar surface area (TPSA) is 84.2 Å². The van der Waals surface area contributed by atoms with Gasteiger partial charge in [0, 0.05) is 16.4 Å². The molecule has 6 heteroatoms. The molecule has 5 aliphatic carbocycles. The molecule has 2 unspecified atom stereocenters. The minimum atomic E-state index is -0.285. The summed E-state index contributed by atoms with van der Waals surface area (Å²) in [5, 5.41) is 3.45. The van der Waals surface area contributed by atoms with E-state index in [1.54, 1.807) is 11.9 Å². The Morgan fingerprint density at radius 3 is 2.32 bits per heavy atom. The van der Waals surface area contributed by atoms with Crippen molar-refractivity contribution in [3.8, 4) is 0 Å². The zero-order valence-corrected chi connectivity index (χ0v) is 19.7. The second-order valence-corrected chi connectivity index (χ2v) is 11.2. The van der Waals surface area contributed by atoms with Crippen LogP contribution in [0.4, 0.5) is 0 Å². The number of nitrogens with two attached hydrogens (primary N) is 1. The Morgan fingerprint density at radius 1 is 1.13 bits per heavy atom. The van der Waals surface area contributed by atoms with Crippen molar-refractivity contribution >= 4 is 24.1 Å². The number of carbonyl (C=O) groups is 2. The van der Waals surface area contributed by atoms with Gasteiger partial charge in [0.2, 0.25) is 5.91 Å². The van der Waals surface area contributed by atoms with E-state index in [2.05, 4.69) is 36.1 Å². The first-order chi connectivity index (χ1) is 14.9. The summed E-state index contributed by atoms with van der Waals surface area (Å²) in [4.78, 5) is 24.0. The first-order valence-electron chi connectivity index (χ1n) is 11.8. The molecule has 5 fully saturated rings. The van der Waals surface area contributed by atoms with Gasteiger partial charge in [-0.3, -0.25) is 4.79 Å². The van der Waals surface area contributed by atoms with Crippen LogP contribution >= 0.6 is 11.9 Å². The Labute approximate surface area is 190 Å². The van der Waals surface area contributed by atoms with Gasteiger partial charge in [-0.15, -0.1) is 0 Å². The third-order valence-electron chi connectivity index (χ3n) is 8.31. The molecule has 1 aromatic carbocycles. The molecule has 5 saturated carbocycles. The smallest absolute Gasteiger partial charge is 0.223 e. The zero-order chi connectivity index (χ0) is 22.1. The number of amides is 1. The van der Waals surface area contributed by atoms with Crippen molar-refractivity contribution in [2.24, 2.45) is 28.9 Å². The number of aldehydes is 1. The molecule has 1 amide bonds. The molecule has 4 bridgehead atoms. The lowest BCUT2D eigenvalue weighted by molar-refractivity contribution is -0.145. The average Bonchev–Trinajstić information content (AvgIpc) is 3.23. The highest BCUT2D eigenvalue weighted by molar-refractivity contribution is 7.97. The number of hydrogen-bond acceptors (Lipinski definition) is 5. The van der Waals surface area contributed by atoms with E-state index in [4.69, 9.17) is 5.73 Å². The van der Waals surface area contributed by atoms with Crippen LogP contribution in [0.2, 0.25) is 0 Å². The molecule has 31 heavy (non-hydrogen) atoms. The molecule has 5 aliphatic rings. The molecule has 0 radical (unpaired) electrons. The Hall–Kier alpha value is -1.37. The lowest BCUT2D eigenvalue weighted by atomic mass is 9.47. The SMILES string of the molecule is CNC1C2CC3CC1CC(C(N)=O)(C3)C2.Cc1ccccc1SNC1(C=O)CCCC1. The number of hydrogen-bond donors (Lipinski definition) is 3.